The van der Waals surface area contributed by atoms with Gasteiger partial charge in [0.05, 0.1) is 24.2 Å². The van der Waals surface area contributed by atoms with Gasteiger partial charge in [0, 0.05) is 0 Å². The highest BCUT2D eigenvalue weighted by molar-refractivity contribution is 5.95. The molecule has 0 spiro atoms. The first-order valence-corrected chi connectivity index (χ1v) is 10.5. The quantitative estimate of drug-likeness (QED) is 0.584. The fourth-order valence-corrected chi connectivity index (χ4v) is 2.24. The maximum Gasteiger partial charge on any atom is 0.338 e. The van der Waals surface area contributed by atoms with E-state index in [-0.39, 0.29) is 30.6 Å². The Morgan fingerprint density at radius 1 is 0.900 bits per heavy atom. The third kappa shape index (κ3) is 8.15. The molecule has 0 fully saturated rings. The summed E-state index contributed by atoms with van der Waals surface area (Å²) >= 11 is 0. The monoisotopic (exact) mass is 416 g/mol. The average molecular weight is 417 g/mol. The molecule has 2 rings (SSSR count). The van der Waals surface area contributed by atoms with Crippen molar-refractivity contribution >= 4 is 22.7 Å². The molecular formula is C25H36O5. The van der Waals surface area contributed by atoms with E-state index in [4.69, 9.17) is 14.6 Å². The summed E-state index contributed by atoms with van der Waals surface area (Å²) in [5, 5.41) is 10.6. The second-order valence-corrected chi connectivity index (χ2v) is 8.75. The average Bonchev–Trinajstić information content (AvgIpc) is 2.75. The van der Waals surface area contributed by atoms with Crippen LogP contribution in [0.5, 0.6) is 0 Å². The van der Waals surface area contributed by atoms with Gasteiger partial charge in [0.25, 0.3) is 0 Å². The van der Waals surface area contributed by atoms with E-state index in [1.165, 1.54) is 0 Å². The molecule has 0 heterocycles. The van der Waals surface area contributed by atoms with Crippen molar-refractivity contribution in [3.8, 4) is 0 Å². The summed E-state index contributed by atoms with van der Waals surface area (Å²) < 4.78 is 10.2. The van der Waals surface area contributed by atoms with Crippen LogP contribution in [0.4, 0.5) is 0 Å². The van der Waals surface area contributed by atoms with Gasteiger partial charge in [0.1, 0.15) is 6.61 Å². The van der Waals surface area contributed by atoms with Gasteiger partial charge in [-0.25, -0.2) is 4.79 Å². The summed E-state index contributed by atoms with van der Waals surface area (Å²) in [6, 6.07) is 13.7. The number of ether oxygens (including phenoxy) is 2. The van der Waals surface area contributed by atoms with Crippen LogP contribution < -0.4 is 0 Å². The lowest BCUT2D eigenvalue weighted by molar-refractivity contribution is -0.155. The normalized spacial score (nSPS) is 11.4. The van der Waals surface area contributed by atoms with Crippen LogP contribution in [0.3, 0.4) is 0 Å². The number of carbonyl (C=O) groups is 2. The SMILES string of the molecule is CCC(C)(C)C(=O)OCCO.CCC(C)(C)COC(=O)c1ccc2ccccc2c1. The Labute approximate surface area is 180 Å². The summed E-state index contributed by atoms with van der Waals surface area (Å²) in [5.41, 5.74) is 0.229. The predicted octanol–water partition coefficient (Wildman–Crippen LogP) is 5.39. The Kier molecular flexibility index (Phi) is 10.00. The molecular weight excluding hydrogens is 380 g/mol. The minimum absolute atomic E-state index is 0.0342. The highest BCUT2D eigenvalue weighted by atomic mass is 16.5. The lowest BCUT2D eigenvalue weighted by Crippen LogP contribution is -2.26. The van der Waals surface area contributed by atoms with Crippen LogP contribution in [-0.4, -0.2) is 36.9 Å². The van der Waals surface area contributed by atoms with Crippen molar-refractivity contribution in [3.05, 3.63) is 48.0 Å². The zero-order chi connectivity index (χ0) is 22.8. The van der Waals surface area contributed by atoms with Crippen LogP contribution in [0.25, 0.3) is 10.8 Å². The highest BCUT2D eigenvalue weighted by Gasteiger charge is 2.26. The number of carbonyl (C=O) groups excluding carboxylic acids is 2. The fourth-order valence-electron chi connectivity index (χ4n) is 2.24. The largest absolute Gasteiger partial charge is 0.463 e. The Morgan fingerprint density at radius 3 is 2.10 bits per heavy atom. The van der Waals surface area contributed by atoms with Crippen molar-refractivity contribution in [1.29, 1.82) is 0 Å². The number of aliphatic hydroxyl groups is 1. The number of rotatable bonds is 8. The number of hydrogen-bond acceptors (Lipinski definition) is 5. The molecule has 0 aromatic heterocycles. The zero-order valence-corrected chi connectivity index (χ0v) is 19.2. The van der Waals surface area contributed by atoms with Gasteiger partial charge in [-0.05, 0) is 55.0 Å². The molecule has 5 heteroatoms. The van der Waals surface area contributed by atoms with Crippen LogP contribution in [0.1, 0.15) is 64.7 Å². The van der Waals surface area contributed by atoms with E-state index in [9.17, 15) is 9.59 Å². The number of esters is 2. The van der Waals surface area contributed by atoms with Gasteiger partial charge in [-0.1, -0.05) is 58.0 Å². The Morgan fingerprint density at radius 2 is 1.53 bits per heavy atom. The molecule has 0 aliphatic heterocycles. The molecule has 0 aliphatic carbocycles. The van der Waals surface area contributed by atoms with Crippen molar-refractivity contribution in [2.45, 2.75) is 54.4 Å². The minimum Gasteiger partial charge on any atom is -0.463 e. The van der Waals surface area contributed by atoms with Crippen molar-refractivity contribution in [3.63, 3.8) is 0 Å². The van der Waals surface area contributed by atoms with Crippen molar-refractivity contribution < 1.29 is 24.2 Å². The van der Waals surface area contributed by atoms with Crippen molar-refractivity contribution in [2.24, 2.45) is 10.8 Å². The second kappa shape index (κ2) is 11.7. The first-order valence-electron chi connectivity index (χ1n) is 10.5. The second-order valence-electron chi connectivity index (χ2n) is 8.75. The van der Waals surface area contributed by atoms with Gasteiger partial charge in [-0.3, -0.25) is 4.79 Å². The van der Waals surface area contributed by atoms with Crippen LogP contribution in [0.2, 0.25) is 0 Å². The third-order valence-electron chi connectivity index (χ3n) is 5.30. The maximum atomic E-state index is 12.0. The van der Waals surface area contributed by atoms with Gasteiger partial charge < -0.3 is 14.6 Å². The molecule has 0 atom stereocenters. The molecule has 30 heavy (non-hydrogen) atoms. The highest BCUT2D eigenvalue weighted by Crippen LogP contribution is 2.22. The topological polar surface area (TPSA) is 72.8 Å². The van der Waals surface area contributed by atoms with Gasteiger partial charge in [-0.2, -0.15) is 0 Å². The van der Waals surface area contributed by atoms with E-state index in [1.807, 2.05) is 63.2 Å². The molecule has 0 bridgehead atoms. The molecule has 2 aromatic carbocycles. The van der Waals surface area contributed by atoms with E-state index < -0.39 is 5.41 Å². The third-order valence-corrected chi connectivity index (χ3v) is 5.30. The fraction of sp³-hybridized carbons (Fsp3) is 0.520. The molecule has 5 nitrogen and oxygen atoms in total. The smallest absolute Gasteiger partial charge is 0.338 e. The van der Waals surface area contributed by atoms with Gasteiger partial charge in [0.15, 0.2) is 0 Å². The van der Waals surface area contributed by atoms with Crippen LogP contribution in [0.15, 0.2) is 42.5 Å². The summed E-state index contributed by atoms with van der Waals surface area (Å²) in [6.07, 6.45) is 1.73. The maximum absolute atomic E-state index is 12.0. The van der Waals surface area contributed by atoms with Crippen molar-refractivity contribution in [1.82, 2.24) is 0 Å². The lowest BCUT2D eigenvalue weighted by Gasteiger charge is -2.21. The van der Waals surface area contributed by atoms with Crippen LogP contribution >= 0.6 is 0 Å². The summed E-state index contributed by atoms with van der Waals surface area (Å²) in [6.45, 7) is 12.3. The summed E-state index contributed by atoms with van der Waals surface area (Å²) in [5.74, 6) is -0.485. The number of aliphatic hydroxyl groups excluding tert-OH is 1. The van der Waals surface area contributed by atoms with E-state index in [0.717, 1.165) is 23.6 Å². The molecule has 0 unspecified atom stereocenters. The van der Waals surface area contributed by atoms with E-state index >= 15 is 0 Å². The van der Waals surface area contributed by atoms with Crippen LogP contribution in [-0.2, 0) is 14.3 Å². The first kappa shape index (κ1) is 25.6. The number of fused-ring (bicyclic) bond motifs is 1. The molecule has 1 N–H and O–H groups in total. The molecule has 0 saturated carbocycles. The van der Waals surface area contributed by atoms with E-state index in [0.29, 0.717) is 12.2 Å². The Bertz CT molecular complexity index is 823. The van der Waals surface area contributed by atoms with Gasteiger partial charge in [0.2, 0.25) is 0 Å². The molecule has 2 aromatic rings. The Balaban J connectivity index is 0.000000352. The molecule has 0 amide bonds. The van der Waals surface area contributed by atoms with Crippen molar-refractivity contribution in [2.75, 3.05) is 19.8 Å². The van der Waals surface area contributed by atoms with E-state index in [1.54, 1.807) is 0 Å². The molecule has 0 aliphatic rings. The zero-order valence-electron chi connectivity index (χ0n) is 19.2. The van der Waals surface area contributed by atoms with E-state index in [2.05, 4.69) is 20.8 Å². The first-order chi connectivity index (χ1) is 14.1. The minimum atomic E-state index is -0.421. The Hall–Kier alpha value is -2.40. The lowest BCUT2D eigenvalue weighted by atomic mass is 9.91. The van der Waals surface area contributed by atoms with Crippen LogP contribution in [0, 0.1) is 10.8 Å². The van der Waals surface area contributed by atoms with Gasteiger partial charge >= 0.3 is 11.9 Å². The molecule has 0 saturated heterocycles. The molecule has 166 valence electrons. The summed E-state index contributed by atoms with van der Waals surface area (Å²) in [4.78, 5) is 23.2. The number of benzene rings is 2. The summed E-state index contributed by atoms with van der Waals surface area (Å²) in [7, 11) is 0. The number of hydrogen-bond donors (Lipinski definition) is 1. The standard InChI is InChI=1S/C17H20O2.C8H16O3/c1-4-17(2,3)12-19-16(18)15-10-9-13-7-5-6-8-14(13)11-15;1-4-8(2,3)7(10)11-6-5-9/h5-11H,4,12H2,1-3H3;9H,4-6H2,1-3H3. The predicted molar refractivity (Wildman–Crippen MR) is 120 cm³/mol. The van der Waals surface area contributed by atoms with Gasteiger partial charge in [-0.15, -0.1) is 0 Å². The molecule has 0 radical (unpaired) electrons.